The minimum atomic E-state index is -0.954. The van der Waals surface area contributed by atoms with Crippen molar-refractivity contribution in [1.82, 2.24) is 15.5 Å². The molecule has 1 saturated heterocycles. The Morgan fingerprint density at radius 1 is 1.32 bits per heavy atom. The number of likely N-dealkylation sites (tertiary alicyclic amines) is 1. The zero-order valence-electron chi connectivity index (χ0n) is 10.9. The number of carboxylic acid groups (broad SMARTS) is 1. The maximum Gasteiger partial charge on any atom is 0.326 e. The summed E-state index contributed by atoms with van der Waals surface area (Å²) in [6.07, 6.45) is 2.88. The van der Waals surface area contributed by atoms with Gasteiger partial charge in [-0.2, -0.15) is 0 Å². The largest absolute Gasteiger partial charge is 0.480 e. The number of hydrogen-bond donors (Lipinski definition) is 3. The molecule has 3 unspecified atom stereocenters. The maximum absolute atomic E-state index is 12.0. The number of nitrogens with one attached hydrogen (secondary N) is 2. The van der Waals surface area contributed by atoms with Crippen LogP contribution in [0.15, 0.2) is 0 Å². The third-order valence-corrected chi connectivity index (χ3v) is 4.08. The van der Waals surface area contributed by atoms with Crippen molar-refractivity contribution in [3.05, 3.63) is 0 Å². The van der Waals surface area contributed by atoms with Gasteiger partial charge in [-0.1, -0.05) is 6.42 Å². The van der Waals surface area contributed by atoms with Gasteiger partial charge in [-0.15, -0.1) is 0 Å². The Kier molecular flexibility index (Phi) is 3.92. The van der Waals surface area contributed by atoms with Gasteiger partial charge in [-0.25, -0.2) is 9.59 Å². The lowest BCUT2D eigenvalue weighted by atomic mass is 9.94. The summed E-state index contributed by atoms with van der Waals surface area (Å²) in [7, 11) is 1.48. The highest BCUT2D eigenvalue weighted by Crippen LogP contribution is 2.42. The van der Waals surface area contributed by atoms with Gasteiger partial charge in [0.15, 0.2) is 0 Å². The zero-order valence-corrected chi connectivity index (χ0v) is 10.9. The van der Waals surface area contributed by atoms with Gasteiger partial charge in [0.25, 0.3) is 0 Å². The zero-order chi connectivity index (χ0) is 14.0. The van der Waals surface area contributed by atoms with Crippen molar-refractivity contribution in [1.29, 1.82) is 0 Å². The number of carbonyl (C=O) groups excluding carboxylic acids is 2. The molecule has 1 saturated carbocycles. The number of fused-ring (bicyclic) bond motifs is 1. The first-order valence-corrected chi connectivity index (χ1v) is 6.52. The van der Waals surface area contributed by atoms with Crippen LogP contribution in [0.5, 0.6) is 0 Å². The summed E-state index contributed by atoms with van der Waals surface area (Å²) < 4.78 is 0. The minimum Gasteiger partial charge on any atom is -0.480 e. The Morgan fingerprint density at radius 3 is 2.68 bits per heavy atom. The lowest BCUT2D eigenvalue weighted by Gasteiger charge is -2.24. The van der Waals surface area contributed by atoms with Crippen molar-refractivity contribution in [3.8, 4) is 0 Å². The molecule has 0 aromatic carbocycles. The highest BCUT2D eigenvalue weighted by atomic mass is 16.4. The molecule has 2 fully saturated rings. The summed E-state index contributed by atoms with van der Waals surface area (Å²) in [5.74, 6) is -0.917. The van der Waals surface area contributed by atoms with Crippen LogP contribution >= 0.6 is 0 Å². The number of nitrogens with zero attached hydrogens (tertiary/aromatic N) is 1. The van der Waals surface area contributed by atoms with Gasteiger partial charge in [0.1, 0.15) is 6.04 Å². The number of amides is 3. The van der Waals surface area contributed by atoms with Crippen molar-refractivity contribution < 1.29 is 19.5 Å². The Bertz CT molecular complexity index is 398. The molecule has 0 bridgehead atoms. The van der Waals surface area contributed by atoms with Crippen molar-refractivity contribution in [2.45, 2.75) is 25.3 Å². The van der Waals surface area contributed by atoms with Crippen LogP contribution < -0.4 is 10.6 Å². The van der Waals surface area contributed by atoms with E-state index < -0.39 is 18.0 Å². The predicted octanol–water partition coefficient (Wildman–Crippen LogP) is -0.373. The molecule has 3 atom stereocenters. The molecular weight excluding hydrogens is 250 g/mol. The van der Waals surface area contributed by atoms with Gasteiger partial charge in [-0.05, 0) is 24.7 Å². The van der Waals surface area contributed by atoms with E-state index in [4.69, 9.17) is 0 Å². The molecule has 7 heteroatoms. The summed E-state index contributed by atoms with van der Waals surface area (Å²) in [4.78, 5) is 35.8. The number of carboxylic acids is 1. The lowest BCUT2D eigenvalue weighted by Crippen LogP contribution is -2.49. The summed E-state index contributed by atoms with van der Waals surface area (Å²) in [6.45, 7) is 0.342. The molecule has 2 rings (SSSR count). The maximum atomic E-state index is 12.0. The van der Waals surface area contributed by atoms with E-state index >= 15 is 0 Å². The second-order valence-corrected chi connectivity index (χ2v) is 5.12. The fourth-order valence-corrected chi connectivity index (χ4v) is 3.18. The average molecular weight is 269 g/mol. The van der Waals surface area contributed by atoms with Gasteiger partial charge in [-0.3, -0.25) is 4.79 Å². The highest BCUT2D eigenvalue weighted by molar-refractivity contribution is 5.87. The van der Waals surface area contributed by atoms with Crippen LogP contribution in [0.25, 0.3) is 0 Å². The van der Waals surface area contributed by atoms with Crippen molar-refractivity contribution in [2.75, 3.05) is 20.1 Å². The quantitative estimate of drug-likeness (QED) is 0.651. The number of likely N-dealkylation sites (N-methyl/N-ethyl adjacent to an activating group) is 1. The summed E-state index contributed by atoms with van der Waals surface area (Å²) in [5.41, 5.74) is 0. The van der Waals surface area contributed by atoms with E-state index in [0.29, 0.717) is 6.54 Å². The molecule has 0 spiro atoms. The minimum absolute atomic E-state index is 0.0586. The number of aliphatic carboxylic acids is 1. The first kappa shape index (κ1) is 13.6. The fraction of sp³-hybridized carbons (Fsp3) is 0.750. The molecule has 2 aliphatic rings. The monoisotopic (exact) mass is 269 g/mol. The van der Waals surface area contributed by atoms with Crippen LogP contribution in [-0.4, -0.2) is 54.1 Å². The molecule has 106 valence electrons. The number of carbonyl (C=O) groups is 3. The van der Waals surface area contributed by atoms with Crippen LogP contribution in [0, 0.1) is 11.8 Å². The van der Waals surface area contributed by atoms with E-state index in [1.807, 2.05) is 0 Å². The van der Waals surface area contributed by atoms with Crippen LogP contribution in [0.4, 0.5) is 4.79 Å². The number of rotatable bonds is 3. The van der Waals surface area contributed by atoms with E-state index in [1.165, 1.54) is 11.9 Å². The first-order chi connectivity index (χ1) is 9.04. The fourth-order valence-electron chi connectivity index (χ4n) is 3.18. The van der Waals surface area contributed by atoms with E-state index in [-0.39, 0.29) is 24.3 Å². The molecule has 0 aromatic heterocycles. The summed E-state index contributed by atoms with van der Waals surface area (Å²) in [5, 5.41) is 14.2. The third kappa shape index (κ3) is 2.64. The Morgan fingerprint density at radius 2 is 2.05 bits per heavy atom. The van der Waals surface area contributed by atoms with Crippen LogP contribution in [0.1, 0.15) is 19.3 Å². The normalized spacial score (nSPS) is 28.9. The Balaban J connectivity index is 2.00. The molecule has 3 amide bonds. The summed E-state index contributed by atoms with van der Waals surface area (Å²) in [6, 6.07) is -1.22. The molecule has 19 heavy (non-hydrogen) atoms. The second-order valence-electron chi connectivity index (χ2n) is 5.12. The molecule has 1 aliphatic heterocycles. The SMILES string of the molecule is CNC(=O)CNC(=O)N1CC2CCCC2C1C(=O)O. The van der Waals surface area contributed by atoms with Gasteiger partial charge >= 0.3 is 12.0 Å². The smallest absolute Gasteiger partial charge is 0.326 e. The molecule has 1 aliphatic carbocycles. The van der Waals surface area contributed by atoms with Gasteiger partial charge in [0.05, 0.1) is 6.54 Å². The Labute approximate surface area is 111 Å². The predicted molar refractivity (Wildman–Crippen MR) is 66.4 cm³/mol. The first-order valence-electron chi connectivity index (χ1n) is 6.52. The van der Waals surface area contributed by atoms with E-state index in [9.17, 15) is 19.5 Å². The lowest BCUT2D eigenvalue weighted by molar-refractivity contribution is -0.142. The van der Waals surface area contributed by atoms with E-state index in [2.05, 4.69) is 10.6 Å². The molecule has 1 heterocycles. The highest BCUT2D eigenvalue weighted by Gasteiger charge is 2.49. The average Bonchev–Trinajstić information content (AvgIpc) is 2.94. The number of hydrogen-bond acceptors (Lipinski definition) is 3. The molecule has 0 radical (unpaired) electrons. The number of urea groups is 1. The van der Waals surface area contributed by atoms with Crippen LogP contribution in [0.2, 0.25) is 0 Å². The van der Waals surface area contributed by atoms with Crippen molar-refractivity contribution >= 4 is 17.9 Å². The topological polar surface area (TPSA) is 98.7 Å². The second kappa shape index (κ2) is 5.46. The van der Waals surface area contributed by atoms with E-state index in [0.717, 1.165) is 19.3 Å². The molecule has 3 N–H and O–H groups in total. The molecule has 7 nitrogen and oxygen atoms in total. The van der Waals surface area contributed by atoms with Gasteiger partial charge < -0.3 is 20.6 Å². The molecule has 0 aromatic rings. The van der Waals surface area contributed by atoms with E-state index in [1.54, 1.807) is 0 Å². The van der Waals surface area contributed by atoms with Crippen LogP contribution in [-0.2, 0) is 9.59 Å². The van der Waals surface area contributed by atoms with Gasteiger partial charge in [0.2, 0.25) is 5.91 Å². The Hall–Kier alpha value is -1.79. The van der Waals surface area contributed by atoms with Crippen molar-refractivity contribution in [3.63, 3.8) is 0 Å². The molecular formula is C12H19N3O4. The van der Waals surface area contributed by atoms with Crippen molar-refractivity contribution in [2.24, 2.45) is 11.8 Å². The summed E-state index contributed by atoms with van der Waals surface area (Å²) >= 11 is 0. The van der Waals surface area contributed by atoms with Gasteiger partial charge in [0, 0.05) is 13.6 Å². The third-order valence-electron chi connectivity index (χ3n) is 4.08. The van der Waals surface area contributed by atoms with Crippen LogP contribution in [0.3, 0.4) is 0 Å². The standard InChI is InChI=1S/C12H19N3O4/c1-13-9(16)5-14-12(19)15-6-7-3-2-4-8(7)10(15)11(17)18/h7-8,10H,2-6H2,1H3,(H,13,16)(H,14,19)(H,17,18).